The molecule has 0 unspecified atom stereocenters. The fourth-order valence-corrected chi connectivity index (χ4v) is 2.14. The van der Waals surface area contributed by atoms with Crippen molar-refractivity contribution < 1.29 is 19.2 Å². The molecule has 2 aromatic rings. The number of rotatable bonds is 3. The van der Waals surface area contributed by atoms with E-state index in [1.807, 2.05) is 0 Å². The number of nitro groups is 1. The molecule has 2 aromatic carbocycles. The summed E-state index contributed by atoms with van der Waals surface area (Å²) in [6.07, 6.45) is -0.725. The Morgan fingerprint density at radius 1 is 1.04 bits per heavy atom. The van der Waals surface area contributed by atoms with Crippen LogP contribution in [0.5, 0.6) is 0 Å². The lowest BCUT2D eigenvalue weighted by Crippen LogP contribution is -2.27. The molecule has 0 spiro atoms. The molecule has 0 radical (unpaired) electrons. The third-order valence-electron chi connectivity index (χ3n) is 3.12. The van der Waals surface area contributed by atoms with Crippen molar-refractivity contribution in [1.29, 1.82) is 0 Å². The lowest BCUT2D eigenvalue weighted by molar-refractivity contribution is -0.385. The number of hydrogen-bond donors (Lipinski definition) is 1. The van der Waals surface area contributed by atoms with Gasteiger partial charge in [0, 0.05) is 11.6 Å². The van der Waals surface area contributed by atoms with Crippen molar-refractivity contribution in [2.75, 3.05) is 0 Å². The van der Waals surface area contributed by atoms with Gasteiger partial charge in [-0.05, 0) is 33.3 Å². The largest absolute Gasteiger partial charge is 0.444 e. The summed E-state index contributed by atoms with van der Waals surface area (Å²) in [7, 11) is 0. The highest BCUT2D eigenvalue weighted by Crippen LogP contribution is 2.24. The van der Waals surface area contributed by atoms with Crippen molar-refractivity contribution >= 4 is 17.6 Å². The highest BCUT2D eigenvalue weighted by molar-refractivity contribution is 6.12. The zero-order valence-corrected chi connectivity index (χ0v) is 15.2. The number of ether oxygens (including phenoxy) is 1. The molecule has 0 bridgehead atoms. The normalized spacial score (nSPS) is 10.3. The van der Waals surface area contributed by atoms with Gasteiger partial charge in [0.2, 0.25) is 0 Å². The van der Waals surface area contributed by atoms with E-state index in [2.05, 4.69) is 4.74 Å². The number of benzene rings is 2. The van der Waals surface area contributed by atoms with Gasteiger partial charge in [-0.15, -0.1) is 0 Å². The predicted molar refractivity (Wildman–Crippen MR) is 98.1 cm³/mol. The number of ketones is 1. The van der Waals surface area contributed by atoms with E-state index in [9.17, 15) is 19.7 Å². The summed E-state index contributed by atoms with van der Waals surface area (Å²) >= 11 is 0. The average molecular weight is 358 g/mol. The van der Waals surface area contributed by atoms with Crippen molar-refractivity contribution in [2.24, 2.45) is 5.73 Å². The molecular weight excluding hydrogens is 336 g/mol. The average Bonchev–Trinajstić information content (AvgIpc) is 2.53. The number of amides is 1. The van der Waals surface area contributed by atoms with E-state index >= 15 is 0 Å². The summed E-state index contributed by atoms with van der Waals surface area (Å²) in [6.45, 7) is 6.98. The van der Waals surface area contributed by atoms with Gasteiger partial charge in [-0.3, -0.25) is 14.9 Å². The van der Waals surface area contributed by atoms with Crippen LogP contribution < -0.4 is 5.73 Å². The van der Waals surface area contributed by atoms with Crippen LogP contribution in [0.2, 0.25) is 0 Å². The molecule has 0 aliphatic heterocycles. The van der Waals surface area contributed by atoms with Crippen molar-refractivity contribution in [2.45, 2.75) is 33.3 Å². The maximum absolute atomic E-state index is 12.3. The second-order valence-electron chi connectivity index (χ2n) is 6.45. The van der Waals surface area contributed by atoms with Crippen molar-refractivity contribution in [3.63, 3.8) is 0 Å². The van der Waals surface area contributed by atoms with Gasteiger partial charge in [0.25, 0.3) is 5.69 Å². The number of nitro benzene ring substituents is 1. The molecule has 138 valence electrons. The highest BCUT2D eigenvalue weighted by Gasteiger charge is 2.22. The minimum absolute atomic E-state index is 0.149. The number of carbonyl (C=O) groups excluding carboxylic acids is 2. The Balaban J connectivity index is 0.000000359. The highest BCUT2D eigenvalue weighted by atomic mass is 16.6. The molecule has 0 fully saturated rings. The van der Waals surface area contributed by atoms with Crippen molar-refractivity contribution in [3.8, 4) is 0 Å². The zero-order valence-electron chi connectivity index (χ0n) is 15.2. The first-order valence-corrected chi connectivity index (χ1v) is 7.85. The molecule has 0 atom stereocenters. The molecule has 0 saturated heterocycles. The van der Waals surface area contributed by atoms with E-state index in [0.717, 1.165) is 0 Å². The number of carbonyl (C=O) groups is 2. The lowest BCUT2D eigenvalue weighted by atomic mass is 9.97. The van der Waals surface area contributed by atoms with Crippen molar-refractivity contribution in [3.05, 3.63) is 75.3 Å². The summed E-state index contributed by atoms with van der Waals surface area (Å²) in [5.41, 5.74) is 5.34. The Hall–Kier alpha value is -3.22. The van der Waals surface area contributed by atoms with E-state index in [-0.39, 0.29) is 17.0 Å². The standard InChI is InChI=1S/C14H11NO3.C5H11NO2/c1-10-6-5-9-12(15(17)18)13(10)14(16)11-7-3-2-4-8-11;1-5(2,3)8-4(6)7/h2-9H,1H3;1-3H3,(H2,6,7). The van der Waals surface area contributed by atoms with E-state index < -0.39 is 16.6 Å². The Kier molecular flexibility index (Phi) is 7.01. The third kappa shape index (κ3) is 6.35. The molecule has 0 aromatic heterocycles. The predicted octanol–water partition coefficient (Wildman–Crippen LogP) is 4.01. The van der Waals surface area contributed by atoms with Gasteiger partial charge in [-0.1, -0.05) is 42.5 Å². The molecular formula is C19H22N2O5. The molecule has 0 aliphatic carbocycles. The monoisotopic (exact) mass is 358 g/mol. The van der Waals surface area contributed by atoms with Crippen LogP contribution in [0.25, 0.3) is 0 Å². The van der Waals surface area contributed by atoms with Gasteiger partial charge in [-0.2, -0.15) is 0 Å². The van der Waals surface area contributed by atoms with E-state index in [4.69, 9.17) is 5.73 Å². The Morgan fingerprint density at radius 3 is 2.04 bits per heavy atom. The SMILES string of the molecule is CC(C)(C)OC(N)=O.Cc1cccc([N+](=O)[O-])c1C(=O)c1ccccc1. The van der Waals surface area contributed by atoms with Gasteiger partial charge >= 0.3 is 6.09 Å². The van der Waals surface area contributed by atoms with Crippen LogP contribution in [0.1, 0.15) is 42.3 Å². The van der Waals surface area contributed by atoms with E-state index in [1.54, 1.807) is 70.2 Å². The van der Waals surface area contributed by atoms with E-state index in [1.165, 1.54) is 6.07 Å². The molecule has 7 heteroatoms. The van der Waals surface area contributed by atoms with Crippen LogP contribution >= 0.6 is 0 Å². The van der Waals surface area contributed by atoms with Gasteiger partial charge in [0.15, 0.2) is 5.78 Å². The third-order valence-corrected chi connectivity index (χ3v) is 3.12. The Bertz CT molecular complexity index is 795. The first-order valence-electron chi connectivity index (χ1n) is 7.85. The van der Waals surface area contributed by atoms with Gasteiger partial charge in [0.05, 0.1) is 4.92 Å². The fraction of sp³-hybridized carbons (Fsp3) is 0.263. The molecule has 0 aliphatic rings. The molecule has 2 N–H and O–H groups in total. The summed E-state index contributed by atoms with van der Waals surface area (Å²) in [5, 5.41) is 11.0. The smallest absolute Gasteiger partial charge is 0.405 e. The molecule has 7 nitrogen and oxygen atoms in total. The maximum Gasteiger partial charge on any atom is 0.405 e. The molecule has 2 rings (SSSR count). The summed E-state index contributed by atoms with van der Waals surface area (Å²) < 4.78 is 4.58. The maximum atomic E-state index is 12.3. The number of hydrogen-bond acceptors (Lipinski definition) is 5. The van der Waals surface area contributed by atoms with Crippen LogP contribution in [0, 0.1) is 17.0 Å². The van der Waals surface area contributed by atoms with Crippen molar-refractivity contribution in [1.82, 2.24) is 0 Å². The van der Waals surface area contributed by atoms with Gasteiger partial charge in [0.1, 0.15) is 11.2 Å². The first-order chi connectivity index (χ1) is 12.0. The Morgan fingerprint density at radius 2 is 1.62 bits per heavy atom. The minimum atomic E-state index is -0.725. The zero-order chi connectivity index (χ0) is 19.9. The van der Waals surface area contributed by atoms with Crippen LogP contribution in [0.3, 0.4) is 0 Å². The fourth-order valence-electron chi connectivity index (χ4n) is 2.14. The summed E-state index contributed by atoms with van der Waals surface area (Å²) in [6, 6.07) is 13.2. The molecule has 26 heavy (non-hydrogen) atoms. The lowest BCUT2D eigenvalue weighted by Gasteiger charge is -2.16. The van der Waals surface area contributed by atoms with Crippen LogP contribution in [-0.2, 0) is 4.74 Å². The topological polar surface area (TPSA) is 113 Å². The van der Waals surface area contributed by atoms with E-state index in [0.29, 0.717) is 11.1 Å². The summed E-state index contributed by atoms with van der Waals surface area (Å²) in [4.78, 5) is 32.7. The number of nitrogens with zero attached hydrogens (tertiary/aromatic N) is 1. The molecule has 1 amide bonds. The Labute approximate surface area is 151 Å². The quantitative estimate of drug-likeness (QED) is 0.506. The van der Waals surface area contributed by atoms with Crippen LogP contribution in [0.15, 0.2) is 48.5 Å². The number of nitrogens with two attached hydrogens (primary N) is 1. The van der Waals surface area contributed by atoms with Gasteiger partial charge in [-0.25, -0.2) is 4.79 Å². The van der Waals surface area contributed by atoms with Crippen LogP contribution in [0.4, 0.5) is 10.5 Å². The second kappa shape index (κ2) is 8.75. The molecule has 0 saturated carbocycles. The molecule has 0 heterocycles. The van der Waals surface area contributed by atoms with Gasteiger partial charge < -0.3 is 10.5 Å². The first kappa shape index (κ1) is 20.8. The number of aryl methyl sites for hydroxylation is 1. The summed E-state index contributed by atoms with van der Waals surface area (Å²) in [5.74, 6) is -0.319. The van der Waals surface area contributed by atoms with Crippen LogP contribution in [-0.4, -0.2) is 22.4 Å². The minimum Gasteiger partial charge on any atom is -0.444 e. The number of primary amides is 1. The second-order valence-corrected chi connectivity index (χ2v) is 6.45.